The van der Waals surface area contributed by atoms with E-state index < -0.39 is 0 Å². The van der Waals surface area contributed by atoms with Gasteiger partial charge in [0.2, 0.25) is 5.91 Å². The molecule has 0 spiro atoms. The molecule has 1 fully saturated rings. The summed E-state index contributed by atoms with van der Waals surface area (Å²) in [6, 6.07) is 7.21. The van der Waals surface area contributed by atoms with Crippen LogP contribution in [0.4, 0.5) is 5.69 Å². The van der Waals surface area contributed by atoms with Crippen molar-refractivity contribution in [2.75, 3.05) is 18.9 Å². The van der Waals surface area contributed by atoms with Crippen LogP contribution in [-0.4, -0.2) is 19.1 Å². The zero-order valence-electron chi connectivity index (χ0n) is 12.6. The summed E-state index contributed by atoms with van der Waals surface area (Å²) >= 11 is 0. The molecule has 1 aliphatic rings. The molecule has 21 heavy (non-hydrogen) atoms. The number of anilines is 1. The number of nitrogens with one attached hydrogen (secondary N) is 1. The Morgan fingerprint density at radius 3 is 2.67 bits per heavy atom. The number of nitrogen functional groups attached to an aromatic ring is 1. The average Bonchev–Trinajstić information content (AvgIpc) is 2.99. The molecular formula is C17H26N2O2. The van der Waals surface area contributed by atoms with Crippen LogP contribution in [0.1, 0.15) is 44.9 Å². The van der Waals surface area contributed by atoms with Gasteiger partial charge in [-0.05, 0) is 43.0 Å². The molecular weight excluding hydrogens is 264 g/mol. The summed E-state index contributed by atoms with van der Waals surface area (Å²) in [5, 5.41) is 2.96. The molecule has 4 heteroatoms. The molecule has 0 heterocycles. The van der Waals surface area contributed by atoms with E-state index in [1.807, 2.05) is 12.1 Å². The predicted octanol–water partition coefficient (Wildman–Crippen LogP) is 3.12. The first kappa shape index (κ1) is 15.7. The highest BCUT2D eigenvalue weighted by Crippen LogP contribution is 2.28. The van der Waals surface area contributed by atoms with Crippen LogP contribution in [0.3, 0.4) is 0 Å². The van der Waals surface area contributed by atoms with Gasteiger partial charge in [-0.25, -0.2) is 0 Å². The number of rotatable bonds is 8. The highest BCUT2D eigenvalue weighted by atomic mass is 16.5. The van der Waals surface area contributed by atoms with Gasteiger partial charge in [0.05, 0.1) is 13.0 Å². The second-order valence-corrected chi connectivity index (χ2v) is 5.81. The molecule has 4 nitrogen and oxygen atoms in total. The van der Waals surface area contributed by atoms with Gasteiger partial charge in [-0.1, -0.05) is 25.7 Å². The lowest BCUT2D eigenvalue weighted by Gasteiger charge is -2.10. The standard InChI is InChI=1S/C17H26N2O2/c18-15-7-9-16(10-8-15)21-13-11-17(20)19-12-3-6-14-4-1-2-5-14/h7-10,14H,1-6,11-13,18H2,(H,19,20). The molecule has 0 bridgehead atoms. The van der Waals surface area contributed by atoms with E-state index in [1.54, 1.807) is 12.1 Å². The molecule has 0 aliphatic heterocycles. The lowest BCUT2D eigenvalue weighted by atomic mass is 10.0. The third-order valence-corrected chi connectivity index (χ3v) is 4.06. The average molecular weight is 290 g/mol. The zero-order valence-corrected chi connectivity index (χ0v) is 12.6. The van der Waals surface area contributed by atoms with Gasteiger partial charge in [0.25, 0.3) is 0 Å². The van der Waals surface area contributed by atoms with Crippen LogP contribution in [-0.2, 0) is 4.79 Å². The molecule has 0 atom stereocenters. The molecule has 1 aromatic rings. The molecule has 116 valence electrons. The summed E-state index contributed by atoms with van der Waals surface area (Å²) < 4.78 is 5.50. The predicted molar refractivity (Wildman–Crippen MR) is 85.2 cm³/mol. The van der Waals surface area contributed by atoms with Crippen LogP contribution < -0.4 is 15.8 Å². The third kappa shape index (κ3) is 6.06. The van der Waals surface area contributed by atoms with Gasteiger partial charge in [-0.2, -0.15) is 0 Å². The number of nitrogens with two attached hydrogens (primary N) is 1. The smallest absolute Gasteiger partial charge is 0.223 e. The van der Waals surface area contributed by atoms with Crippen LogP contribution in [0.25, 0.3) is 0 Å². The van der Waals surface area contributed by atoms with E-state index in [9.17, 15) is 4.79 Å². The first-order valence-corrected chi connectivity index (χ1v) is 7.99. The largest absolute Gasteiger partial charge is 0.493 e. The van der Waals surface area contributed by atoms with E-state index in [-0.39, 0.29) is 5.91 Å². The molecule has 0 aromatic heterocycles. The SMILES string of the molecule is Nc1ccc(OCCC(=O)NCCCC2CCCC2)cc1. The van der Waals surface area contributed by atoms with E-state index in [1.165, 1.54) is 32.1 Å². The number of amides is 1. The molecule has 1 aromatic carbocycles. The molecule has 1 amide bonds. The van der Waals surface area contributed by atoms with Crippen LogP contribution in [0.5, 0.6) is 5.75 Å². The van der Waals surface area contributed by atoms with Crippen molar-refractivity contribution in [2.24, 2.45) is 5.92 Å². The number of benzene rings is 1. The Kier molecular flexibility index (Phi) is 6.38. The first-order valence-electron chi connectivity index (χ1n) is 7.99. The summed E-state index contributed by atoms with van der Waals surface area (Å²) in [6.45, 7) is 1.19. The van der Waals surface area contributed by atoms with Crippen LogP contribution in [0, 0.1) is 5.92 Å². The van der Waals surface area contributed by atoms with Gasteiger partial charge in [0.15, 0.2) is 0 Å². The van der Waals surface area contributed by atoms with Crippen molar-refractivity contribution in [2.45, 2.75) is 44.9 Å². The van der Waals surface area contributed by atoms with Gasteiger partial charge in [-0.3, -0.25) is 4.79 Å². The quantitative estimate of drug-likeness (QED) is 0.571. The Morgan fingerprint density at radius 2 is 1.95 bits per heavy atom. The fourth-order valence-corrected chi connectivity index (χ4v) is 2.83. The van der Waals surface area contributed by atoms with Gasteiger partial charge in [-0.15, -0.1) is 0 Å². The van der Waals surface area contributed by atoms with E-state index in [2.05, 4.69) is 5.32 Å². The number of ether oxygens (including phenoxy) is 1. The molecule has 1 saturated carbocycles. The normalized spacial score (nSPS) is 15.0. The minimum Gasteiger partial charge on any atom is -0.493 e. The van der Waals surface area contributed by atoms with Crippen molar-refractivity contribution >= 4 is 11.6 Å². The Morgan fingerprint density at radius 1 is 1.24 bits per heavy atom. The number of carbonyl (C=O) groups is 1. The monoisotopic (exact) mass is 290 g/mol. The maximum atomic E-state index is 11.7. The van der Waals surface area contributed by atoms with Gasteiger partial charge in [0.1, 0.15) is 5.75 Å². The van der Waals surface area contributed by atoms with E-state index in [4.69, 9.17) is 10.5 Å². The molecule has 0 radical (unpaired) electrons. The molecule has 1 aliphatic carbocycles. The molecule has 0 saturated heterocycles. The highest BCUT2D eigenvalue weighted by molar-refractivity contribution is 5.75. The van der Waals surface area contributed by atoms with Crippen LogP contribution >= 0.6 is 0 Å². The summed E-state index contributed by atoms with van der Waals surface area (Å²) in [7, 11) is 0. The van der Waals surface area contributed by atoms with E-state index in [0.717, 1.165) is 24.6 Å². The third-order valence-electron chi connectivity index (χ3n) is 4.06. The maximum Gasteiger partial charge on any atom is 0.223 e. The van der Waals surface area contributed by atoms with Crippen molar-refractivity contribution in [3.05, 3.63) is 24.3 Å². The Labute approximate surface area is 127 Å². The highest BCUT2D eigenvalue weighted by Gasteiger charge is 2.14. The topological polar surface area (TPSA) is 64.3 Å². The van der Waals surface area contributed by atoms with Crippen LogP contribution in [0.2, 0.25) is 0 Å². The van der Waals surface area contributed by atoms with Crippen molar-refractivity contribution in [1.82, 2.24) is 5.32 Å². The van der Waals surface area contributed by atoms with Crippen molar-refractivity contribution in [3.63, 3.8) is 0 Å². The number of hydrogen-bond acceptors (Lipinski definition) is 3. The fraction of sp³-hybridized carbons (Fsp3) is 0.588. The summed E-state index contributed by atoms with van der Waals surface area (Å²) in [4.78, 5) is 11.7. The van der Waals surface area contributed by atoms with Crippen LogP contribution in [0.15, 0.2) is 24.3 Å². The summed E-state index contributed by atoms with van der Waals surface area (Å²) in [6.07, 6.45) is 8.27. The molecule has 2 rings (SSSR count). The first-order chi connectivity index (χ1) is 10.2. The molecule has 3 N–H and O–H groups in total. The molecule has 0 unspecified atom stereocenters. The lowest BCUT2D eigenvalue weighted by Crippen LogP contribution is -2.26. The fourth-order valence-electron chi connectivity index (χ4n) is 2.83. The minimum atomic E-state index is 0.0665. The number of carbonyl (C=O) groups excluding carboxylic acids is 1. The van der Waals surface area contributed by atoms with Crippen molar-refractivity contribution < 1.29 is 9.53 Å². The zero-order chi connectivity index (χ0) is 14.9. The summed E-state index contributed by atoms with van der Waals surface area (Å²) in [5.41, 5.74) is 6.31. The maximum absolute atomic E-state index is 11.7. The van der Waals surface area contributed by atoms with Gasteiger partial charge < -0.3 is 15.8 Å². The Hall–Kier alpha value is -1.71. The second kappa shape index (κ2) is 8.55. The van der Waals surface area contributed by atoms with E-state index in [0.29, 0.717) is 18.7 Å². The van der Waals surface area contributed by atoms with Gasteiger partial charge in [0, 0.05) is 12.2 Å². The number of hydrogen-bond donors (Lipinski definition) is 2. The minimum absolute atomic E-state index is 0.0665. The van der Waals surface area contributed by atoms with E-state index >= 15 is 0 Å². The van der Waals surface area contributed by atoms with Crippen molar-refractivity contribution in [3.8, 4) is 5.75 Å². The summed E-state index contributed by atoms with van der Waals surface area (Å²) in [5.74, 6) is 1.71. The van der Waals surface area contributed by atoms with Gasteiger partial charge >= 0.3 is 0 Å². The Balaban J connectivity index is 1.50. The second-order valence-electron chi connectivity index (χ2n) is 5.81. The lowest BCUT2D eigenvalue weighted by molar-refractivity contribution is -0.121. The Bertz CT molecular complexity index is 425. The van der Waals surface area contributed by atoms with Crippen molar-refractivity contribution in [1.29, 1.82) is 0 Å².